The van der Waals surface area contributed by atoms with E-state index in [1.807, 2.05) is 12.1 Å². The molecule has 1 aliphatic heterocycles. The zero-order chi connectivity index (χ0) is 18.7. The molecule has 0 unspecified atom stereocenters. The number of benzene rings is 2. The maximum Gasteiger partial charge on any atom is 0.416 e. The molecule has 2 aromatic rings. The number of alkyl halides is 3. The molecule has 0 aliphatic carbocycles. The van der Waals surface area contributed by atoms with Gasteiger partial charge in [0.15, 0.2) is 11.5 Å². The summed E-state index contributed by atoms with van der Waals surface area (Å²) in [6.07, 6.45) is -4.00. The van der Waals surface area contributed by atoms with Crippen molar-refractivity contribution in [2.45, 2.75) is 12.6 Å². The number of urea groups is 1. The molecule has 1 heterocycles. The third-order valence-electron chi connectivity index (χ3n) is 3.68. The van der Waals surface area contributed by atoms with Gasteiger partial charge in [-0.1, -0.05) is 17.7 Å². The second-order valence-corrected chi connectivity index (χ2v) is 5.92. The summed E-state index contributed by atoms with van der Waals surface area (Å²) < 4.78 is 48.7. The van der Waals surface area contributed by atoms with Crippen LogP contribution in [0.4, 0.5) is 23.7 Å². The second kappa shape index (κ2) is 7.33. The van der Waals surface area contributed by atoms with Gasteiger partial charge in [0.05, 0.1) is 16.3 Å². The van der Waals surface area contributed by atoms with Gasteiger partial charge in [-0.2, -0.15) is 13.2 Å². The van der Waals surface area contributed by atoms with E-state index in [9.17, 15) is 18.0 Å². The van der Waals surface area contributed by atoms with E-state index in [0.29, 0.717) is 17.9 Å². The number of hydrogen-bond donors (Lipinski definition) is 2. The molecule has 0 atom stereocenters. The number of ether oxygens (including phenoxy) is 2. The van der Waals surface area contributed by atoms with Crippen LogP contribution in [0.5, 0.6) is 11.5 Å². The Hall–Kier alpha value is -2.61. The van der Waals surface area contributed by atoms with E-state index >= 15 is 0 Å². The minimum atomic E-state index is -4.52. The van der Waals surface area contributed by atoms with Crippen LogP contribution < -0.4 is 20.1 Å². The Morgan fingerprint density at radius 2 is 1.88 bits per heavy atom. The van der Waals surface area contributed by atoms with Crippen molar-refractivity contribution in [3.05, 3.63) is 52.5 Å². The largest absolute Gasteiger partial charge is 0.454 e. The van der Waals surface area contributed by atoms with Crippen molar-refractivity contribution < 1.29 is 27.4 Å². The molecule has 5 nitrogen and oxygen atoms in total. The van der Waals surface area contributed by atoms with Crippen molar-refractivity contribution in [3.8, 4) is 11.5 Å². The van der Waals surface area contributed by atoms with Crippen LogP contribution in [0.15, 0.2) is 36.4 Å². The van der Waals surface area contributed by atoms with E-state index in [-0.39, 0.29) is 24.0 Å². The normalized spacial score (nSPS) is 12.8. The van der Waals surface area contributed by atoms with Gasteiger partial charge in [-0.25, -0.2) is 4.79 Å². The van der Waals surface area contributed by atoms with Crippen LogP contribution >= 0.6 is 11.6 Å². The van der Waals surface area contributed by atoms with Gasteiger partial charge in [0.2, 0.25) is 6.79 Å². The Kier molecular flexibility index (Phi) is 5.13. The van der Waals surface area contributed by atoms with Gasteiger partial charge in [-0.3, -0.25) is 0 Å². The number of amides is 2. The summed E-state index contributed by atoms with van der Waals surface area (Å²) >= 11 is 5.84. The SMILES string of the molecule is O=C(NCCc1ccc2c(c1)OCO2)Nc1cc(C(F)(F)F)ccc1Cl. The van der Waals surface area contributed by atoms with Crippen molar-refractivity contribution in [2.75, 3.05) is 18.7 Å². The molecule has 2 N–H and O–H groups in total. The molecule has 0 spiro atoms. The zero-order valence-corrected chi connectivity index (χ0v) is 14.1. The topological polar surface area (TPSA) is 59.6 Å². The molecular weight excluding hydrogens is 373 g/mol. The van der Waals surface area contributed by atoms with Crippen LogP contribution in [-0.2, 0) is 12.6 Å². The van der Waals surface area contributed by atoms with Crippen molar-refractivity contribution in [2.24, 2.45) is 0 Å². The molecule has 138 valence electrons. The first-order valence-corrected chi connectivity index (χ1v) is 8.01. The number of hydrogen-bond acceptors (Lipinski definition) is 3. The van der Waals surface area contributed by atoms with Crippen LogP contribution in [0.1, 0.15) is 11.1 Å². The molecule has 2 aromatic carbocycles. The lowest BCUT2D eigenvalue weighted by Gasteiger charge is -2.12. The quantitative estimate of drug-likeness (QED) is 0.816. The summed E-state index contributed by atoms with van der Waals surface area (Å²) in [4.78, 5) is 11.9. The first-order valence-electron chi connectivity index (χ1n) is 7.63. The lowest BCUT2D eigenvalue weighted by molar-refractivity contribution is -0.137. The van der Waals surface area contributed by atoms with Gasteiger partial charge < -0.3 is 20.1 Å². The van der Waals surface area contributed by atoms with E-state index in [1.165, 1.54) is 0 Å². The zero-order valence-electron chi connectivity index (χ0n) is 13.3. The van der Waals surface area contributed by atoms with Gasteiger partial charge >= 0.3 is 12.2 Å². The summed E-state index contributed by atoms with van der Waals surface area (Å²) in [5, 5.41) is 4.91. The summed E-state index contributed by atoms with van der Waals surface area (Å²) in [5.74, 6) is 1.31. The average molecular weight is 387 g/mol. The van der Waals surface area contributed by atoms with E-state index in [0.717, 1.165) is 23.8 Å². The van der Waals surface area contributed by atoms with Gasteiger partial charge in [0.1, 0.15) is 0 Å². The number of fused-ring (bicyclic) bond motifs is 1. The fourth-order valence-electron chi connectivity index (χ4n) is 2.38. The maximum absolute atomic E-state index is 12.7. The lowest BCUT2D eigenvalue weighted by Crippen LogP contribution is -2.30. The average Bonchev–Trinajstić information content (AvgIpc) is 3.03. The van der Waals surface area contributed by atoms with Crippen LogP contribution in [0.2, 0.25) is 5.02 Å². The Morgan fingerprint density at radius 3 is 2.65 bits per heavy atom. The molecule has 0 saturated carbocycles. The fraction of sp³-hybridized carbons (Fsp3) is 0.235. The summed E-state index contributed by atoms with van der Waals surface area (Å²) in [6.45, 7) is 0.458. The highest BCUT2D eigenvalue weighted by molar-refractivity contribution is 6.33. The fourth-order valence-corrected chi connectivity index (χ4v) is 2.55. The predicted octanol–water partition coefficient (Wildman–Crippen LogP) is 4.45. The van der Waals surface area contributed by atoms with Gasteiger partial charge in [0.25, 0.3) is 0 Å². The smallest absolute Gasteiger partial charge is 0.416 e. The number of nitrogens with one attached hydrogen (secondary N) is 2. The Morgan fingerprint density at radius 1 is 1.12 bits per heavy atom. The highest BCUT2D eigenvalue weighted by atomic mass is 35.5. The number of carbonyl (C=O) groups is 1. The van der Waals surface area contributed by atoms with Crippen LogP contribution in [-0.4, -0.2) is 19.4 Å². The minimum Gasteiger partial charge on any atom is -0.454 e. The molecule has 0 aromatic heterocycles. The summed E-state index contributed by atoms with van der Waals surface area (Å²) in [7, 11) is 0. The van der Waals surface area contributed by atoms with Crippen molar-refractivity contribution in [3.63, 3.8) is 0 Å². The van der Waals surface area contributed by atoms with Crippen molar-refractivity contribution >= 4 is 23.3 Å². The molecule has 0 saturated heterocycles. The minimum absolute atomic E-state index is 0.0175. The summed E-state index contributed by atoms with van der Waals surface area (Å²) in [5.41, 5.74) is -0.0775. The molecule has 2 amide bonds. The molecule has 0 fully saturated rings. The number of rotatable bonds is 4. The maximum atomic E-state index is 12.7. The Labute approximate surface area is 152 Å². The molecule has 0 radical (unpaired) electrons. The number of carbonyl (C=O) groups excluding carboxylic acids is 1. The molecule has 26 heavy (non-hydrogen) atoms. The van der Waals surface area contributed by atoms with Gasteiger partial charge in [-0.05, 0) is 42.3 Å². The van der Waals surface area contributed by atoms with E-state index in [2.05, 4.69) is 10.6 Å². The van der Waals surface area contributed by atoms with Crippen LogP contribution in [0.25, 0.3) is 0 Å². The van der Waals surface area contributed by atoms with E-state index in [4.69, 9.17) is 21.1 Å². The predicted molar refractivity (Wildman–Crippen MR) is 89.7 cm³/mol. The molecule has 1 aliphatic rings. The highest BCUT2D eigenvalue weighted by Gasteiger charge is 2.31. The summed E-state index contributed by atoms with van der Waals surface area (Å²) in [6, 6.07) is 7.52. The first kappa shape index (κ1) is 18.2. The van der Waals surface area contributed by atoms with Crippen molar-refractivity contribution in [1.29, 1.82) is 0 Å². The molecule has 3 rings (SSSR count). The lowest BCUT2D eigenvalue weighted by atomic mass is 10.1. The second-order valence-electron chi connectivity index (χ2n) is 5.51. The van der Waals surface area contributed by atoms with Gasteiger partial charge in [0, 0.05) is 6.54 Å². The third-order valence-corrected chi connectivity index (χ3v) is 4.01. The molecular formula is C17H14ClF3N2O3. The first-order chi connectivity index (χ1) is 12.3. The number of halogens is 4. The molecule has 0 bridgehead atoms. The van der Waals surface area contributed by atoms with Crippen LogP contribution in [0, 0.1) is 0 Å². The van der Waals surface area contributed by atoms with E-state index < -0.39 is 17.8 Å². The molecule has 9 heteroatoms. The van der Waals surface area contributed by atoms with E-state index in [1.54, 1.807) is 6.07 Å². The van der Waals surface area contributed by atoms with Gasteiger partial charge in [-0.15, -0.1) is 0 Å². The highest BCUT2D eigenvalue weighted by Crippen LogP contribution is 2.34. The van der Waals surface area contributed by atoms with Crippen molar-refractivity contribution in [1.82, 2.24) is 5.32 Å². The standard InChI is InChI=1S/C17H14ClF3N2O3/c18-12-3-2-11(17(19,20)21)8-13(12)23-16(24)22-6-5-10-1-4-14-15(7-10)26-9-25-14/h1-4,7-8H,5-6,9H2,(H2,22,23,24). The Bertz CT molecular complexity index is 827. The third kappa shape index (κ3) is 4.32. The monoisotopic (exact) mass is 386 g/mol. The number of anilines is 1. The van der Waals surface area contributed by atoms with Crippen LogP contribution in [0.3, 0.4) is 0 Å². The Balaban J connectivity index is 1.54.